The predicted molar refractivity (Wildman–Crippen MR) is 72.7 cm³/mol. The van der Waals surface area contributed by atoms with Crippen LogP contribution in [0.4, 0.5) is 0 Å². The Morgan fingerprint density at radius 1 is 1.16 bits per heavy atom. The lowest BCUT2D eigenvalue weighted by Crippen LogP contribution is -2.25. The zero-order chi connectivity index (χ0) is 13.1. The predicted octanol–water partition coefficient (Wildman–Crippen LogP) is 3.24. The molecule has 3 aliphatic rings. The SMILES string of the molecule is O=C(OCCOC1CCCCC1)C1CC2=CCC1C2. The van der Waals surface area contributed by atoms with E-state index in [4.69, 9.17) is 9.47 Å². The van der Waals surface area contributed by atoms with Crippen LogP contribution in [-0.2, 0) is 14.3 Å². The van der Waals surface area contributed by atoms with E-state index in [9.17, 15) is 4.79 Å². The Morgan fingerprint density at radius 2 is 2.00 bits per heavy atom. The monoisotopic (exact) mass is 264 g/mol. The highest BCUT2D eigenvalue weighted by Crippen LogP contribution is 2.44. The van der Waals surface area contributed by atoms with Crippen LogP contribution in [0.25, 0.3) is 0 Å². The molecule has 19 heavy (non-hydrogen) atoms. The van der Waals surface area contributed by atoms with Crippen molar-refractivity contribution in [1.82, 2.24) is 0 Å². The lowest BCUT2D eigenvalue weighted by atomic mass is 9.92. The van der Waals surface area contributed by atoms with Gasteiger partial charge in [-0.25, -0.2) is 0 Å². The molecule has 0 radical (unpaired) electrons. The number of hydrogen-bond donors (Lipinski definition) is 0. The number of esters is 1. The zero-order valence-electron chi connectivity index (χ0n) is 11.6. The molecule has 0 spiro atoms. The van der Waals surface area contributed by atoms with Gasteiger partial charge in [-0.3, -0.25) is 4.79 Å². The molecule has 3 aliphatic carbocycles. The van der Waals surface area contributed by atoms with Crippen LogP contribution in [0.2, 0.25) is 0 Å². The van der Waals surface area contributed by atoms with Crippen LogP contribution in [0.5, 0.6) is 0 Å². The van der Waals surface area contributed by atoms with Gasteiger partial charge in [0, 0.05) is 0 Å². The first kappa shape index (κ1) is 13.2. The third-order valence-electron chi connectivity index (χ3n) is 4.82. The van der Waals surface area contributed by atoms with Crippen molar-refractivity contribution < 1.29 is 14.3 Å². The number of allylic oxidation sites excluding steroid dienone is 2. The summed E-state index contributed by atoms with van der Waals surface area (Å²) in [6, 6.07) is 0. The third kappa shape index (κ3) is 3.19. The molecule has 0 aromatic rings. The van der Waals surface area contributed by atoms with Crippen molar-refractivity contribution in [2.45, 2.75) is 57.5 Å². The summed E-state index contributed by atoms with van der Waals surface area (Å²) in [5.41, 5.74) is 1.46. The quantitative estimate of drug-likeness (QED) is 0.434. The maximum absolute atomic E-state index is 12.0. The molecule has 0 aromatic carbocycles. The van der Waals surface area contributed by atoms with Gasteiger partial charge in [0.05, 0.1) is 18.6 Å². The third-order valence-corrected chi connectivity index (χ3v) is 4.82. The molecule has 0 aliphatic heterocycles. The molecule has 2 unspecified atom stereocenters. The Bertz CT molecular complexity index is 355. The zero-order valence-corrected chi connectivity index (χ0v) is 11.6. The van der Waals surface area contributed by atoms with Crippen molar-refractivity contribution in [2.75, 3.05) is 13.2 Å². The van der Waals surface area contributed by atoms with E-state index in [2.05, 4.69) is 6.08 Å². The molecule has 0 heterocycles. The highest BCUT2D eigenvalue weighted by molar-refractivity contribution is 5.74. The van der Waals surface area contributed by atoms with Crippen LogP contribution in [0.15, 0.2) is 11.6 Å². The summed E-state index contributed by atoms with van der Waals surface area (Å²) in [6.45, 7) is 0.994. The molecule has 2 saturated carbocycles. The van der Waals surface area contributed by atoms with Crippen molar-refractivity contribution in [3.8, 4) is 0 Å². The second-order valence-corrected chi connectivity index (χ2v) is 6.17. The topological polar surface area (TPSA) is 35.5 Å². The highest BCUT2D eigenvalue weighted by atomic mass is 16.6. The number of carbonyl (C=O) groups is 1. The standard InChI is InChI=1S/C16H24O3/c17-16(15-11-12-6-7-13(15)10-12)19-9-8-18-14-4-2-1-3-5-14/h6,13-15H,1-5,7-11H2. The van der Waals surface area contributed by atoms with Crippen LogP contribution in [0.1, 0.15) is 51.4 Å². The van der Waals surface area contributed by atoms with E-state index >= 15 is 0 Å². The fraction of sp³-hybridized carbons (Fsp3) is 0.812. The second kappa shape index (κ2) is 6.08. The average molecular weight is 264 g/mol. The molecule has 106 valence electrons. The van der Waals surface area contributed by atoms with Crippen molar-refractivity contribution >= 4 is 5.97 Å². The van der Waals surface area contributed by atoms with Crippen LogP contribution in [0, 0.1) is 11.8 Å². The van der Waals surface area contributed by atoms with E-state index in [1.807, 2.05) is 0 Å². The van der Waals surface area contributed by atoms with Gasteiger partial charge in [0.15, 0.2) is 0 Å². The van der Waals surface area contributed by atoms with Crippen LogP contribution >= 0.6 is 0 Å². The maximum atomic E-state index is 12.0. The van der Waals surface area contributed by atoms with E-state index in [1.165, 1.54) is 37.7 Å². The van der Waals surface area contributed by atoms with Crippen molar-refractivity contribution in [2.24, 2.45) is 11.8 Å². The Labute approximate surface area is 115 Å². The summed E-state index contributed by atoms with van der Waals surface area (Å²) in [5.74, 6) is 0.664. The van der Waals surface area contributed by atoms with Crippen LogP contribution < -0.4 is 0 Å². The average Bonchev–Trinajstić information content (AvgIpc) is 3.07. The summed E-state index contributed by atoms with van der Waals surface area (Å²) in [4.78, 5) is 12.0. The molecule has 2 bridgehead atoms. The minimum absolute atomic E-state index is 0.000319. The summed E-state index contributed by atoms with van der Waals surface area (Å²) in [5, 5.41) is 0. The van der Waals surface area contributed by atoms with E-state index < -0.39 is 0 Å². The van der Waals surface area contributed by atoms with Gasteiger partial charge in [-0.05, 0) is 38.0 Å². The smallest absolute Gasteiger partial charge is 0.309 e. The summed E-state index contributed by atoms with van der Waals surface area (Å²) >= 11 is 0. The van der Waals surface area contributed by atoms with Crippen LogP contribution in [-0.4, -0.2) is 25.3 Å². The fourth-order valence-corrected chi connectivity index (χ4v) is 3.72. The van der Waals surface area contributed by atoms with Gasteiger partial charge in [-0.15, -0.1) is 0 Å². The van der Waals surface area contributed by atoms with E-state index in [-0.39, 0.29) is 11.9 Å². The van der Waals surface area contributed by atoms with Gasteiger partial charge < -0.3 is 9.47 Å². The van der Waals surface area contributed by atoms with Crippen molar-refractivity contribution in [1.29, 1.82) is 0 Å². The summed E-state index contributed by atoms with van der Waals surface area (Å²) in [6.07, 6.45) is 12.1. The normalized spacial score (nSPS) is 30.4. The number of rotatable bonds is 5. The molecule has 2 fully saturated rings. The maximum Gasteiger partial charge on any atom is 0.309 e. The molecule has 0 amide bonds. The number of fused-ring (bicyclic) bond motifs is 2. The van der Waals surface area contributed by atoms with Gasteiger partial charge in [-0.1, -0.05) is 30.9 Å². The fourth-order valence-electron chi connectivity index (χ4n) is 3.72. The first-order valence-corrected chi connectivity index (χ1v) is 7.79. The van der Waals surface area contributed by atoms with Gasteiger partial charge in [0.25, 0.3) is 0 Å². The first-order chi connectivity index (χ1) is 9.33. The Hall–Kier alpha value is -0.830. The molecule has 3 rings (SSSR count). The molecule has 0 saturated heterocycles. The van der Waals surface area contributed by atoms with Crippen LogP contribution in [0.3, 0.4) is 0 Å². The Kier molecular flexibility index (Phi) is 4.21. The lowest BCUT2D eigenvalue weighted by molar-refractivity contribution is -0.152. The molecular formula is C16H24O3. The summed E-state index contributed by atoms with van der Waals surface area (Å²) in [7, 11) is 0. The van der Waals surface area contributed by atoms with Gasteiger partial charge in [0.2, 0.25) is 0 Å². The van der Waals surface area contributed by atoms with Gasteiger partial charge in [0.1, 0.15) is 6.61 Å². The number of hydrogen-bond acceptors (Lipinski definition) is 3. The molecule has 2 atom stereocenters. The minimum Gasteiger partial charge on any atom is -0.463 e. The van der Waals surface area contributed by atoms with Crippen molar-refractivity contribution in [3.05, 3.63) is 11.6 Å². The molecule has 3 nitrogen and oxygen atoms in total. The second-order valence-electron chi connectivity index (χ2n) is 6.17. The van der Waals surface area contributed by atoms with E-state index in [1.54, 1.807) is 0 Å². The number of carbonyl (C=O) groups excluding carboxylic acids is 1. The van der Waals surface area contributed by atoms with Gasteiger partial charge >= 0.3 is 5.97 Å². The Morgan fingerprint density at radius 3 is 2.68 bits per heavy atom. The molecule has 3 heteroatoms. The van der Waals surface area contributed by atoms with Crippen molar-refractivity contribution in [3.63, 3.8) is 0 Å². The molecule has 0 aromatic heterocycles. The lowest BCUT2D eigenvalue weighted by Gasteiger charge is -2.22. The van der Waals surface area contributed by atoms with Gasteiger partial charge in [-0.2, -0.15) is 0 Å². The Balaban J connectivity index is 1.31. The molecular weight excluding hydrogens is 240 g/mol. The highest BCUT2D eigenvalue weighted by Gasteiger charge is 2.39. The largest absolute Gasteiger partial charge is 0.463 e. The number of ether oxygens (including phenoxy) is 2. The summed E-state index contributed by atoms with van der Waals surface area (Å²) < 4.78 is 11.1. The minimum atomic E-state index is 0.000319. The first-order valence-electron chi connectivity index (χ1n) is 7.79. The molecule has 0 N–H and O–H groups in total. The van der Waals surface area contributed by atoms with E-state index in [0.717, 1.165) is 19.3 Å². The van der Waals surface area contributed by atoms with E-state index in [0.29, 0.717) is 25.2 Å².